The number of imidazole rings is 1. The van der Waals surface area contributed by atoms with Crippen LogP contribution in [0.2, 0.25) is 0 Å². The van der Waals surface area contributed by atoms with Crippen molar-refractivity contribution in [3.05, 3.63) is 24.0 Å². The summed E-state index contributed by atoms with van der Waals surface area (Å²) in [7, 11) is 0.140. The van der Waals surface area contributed by atoms with Crippen molar-refractivity contribution in [3.63, 3.8) is 0 Å². The van der Waals surface area contributed by atoms with Crippen LogP contribution >= 0.6 is 11.8 Å². The van der Waals surface area contributed by atoms with Crippen LogP contribution in [0.4, 0.5) is 11.9 Å². The summed E-state index contributed by atoms with van der Waals surface area (Å²) >= 11 is 1.50. The third-order valence-electron chi connectivity index (χ3n) is 5.18. The van der Waals surface area contributed by atoms with Crippen molar-refractivity contribution in [1.82, 2.24) is 28.8 Å². The van der Waals surface area contributed by atoms with E-state index in [0.29, 0.717) is 36.1 Å². The second-order valence-corrected chi connectivity index (χ2v) is 10.6. The summed E-state index contributed by atoms with van der Waals surface area (Å²) in [6.45, 7) is 7.45. The van der Waals surface area contributed by atoms with Crippen LogP contribution in [0.5, 0.6) is 0 Å². The summed E-state index contributed by atoms with van der Waals surface area (Å²) < 4.78 is 29.5. The molecule has 0 spiro atoms. The summed E-state index contributed by atoms with van der Waals surface area (Å²) in [4.78, 5) is 19.7. The van der Waals surface area contributed by atoms with Gasteiger partial charge in [-0.25, -0.2) is 13.4 Å². The molecule has 0 bridgehead atoms. The number of benzene rings is 1. The number of hydrogen-bond acceptors (Lipinski definition) is 9. The number of sulfonamides is 1. The van der Waals surface area contributed by atoms with Gasteiger partial charge in [0.05, 0.1) is 21.7 Å². The van der Waals surface area contributed by atoms with Gasteiger partial charge in [-0.1, -0.05) is 39.0 Å². The highest BCUT2D eigenvalue weighted by molar-refractivity contribution is 7.98. The van der Waals surface area contributed by atoms with Gasteiger partial charge in [0.1, 0.15) is 5.82 Å². The Morgan fingerprint density at radius 1 is 1.06 bits per heavy atom. The lowest BCUT2D eigenvalue weighted by atomic mass is 10.3. The Hall–Kier alpha value is -2.44. The minimum absolute atomic E-state index is 0.176. The van der Waals surface area contributed by atoms with Gasteiger partial charge in [-0.3, -0.25) is 0 Å². The minimum atomic E-state index is -3.55. The van der Waals surface area contributed by atoms with Gasteiger partial charge in [0, 0.05) is 33.7 Å². The largest absolute Gasteiger partial charge is 0.368 e. The summed E-state index contributed by atoms with van der Waals surface area (Å²) in [5, 5.41) is 0.793. The van der Waals surface area contributed by atoms with E-state index >= 15 is 0 Å². The predicted octanol–water partition coefficient (Wildman–Crippen LogP) is 2.99. The van der Waals surface area contributed by atoms with Crippen molar-refractivity contribution in [2.75, 3.05) is 37.8 Å². The van der Waals surface area contributed by atoms with Gasteiger partial charge in [-0.2, -0.15) is 19.3 Å². The molecular formula is C21H32N8O2S2. The number of unbranched alkanes of at least 4 members (excludes halogenated alkanes) is 1. The van der Waals surface area contributed by atoms with E-state index in [0.717, 1.165) is 30.1 Å². The smallest absolute Gasteiger partial charge is 0.243 e. The van der Waals surface area contributed by atoms with Crippen molar-refractivity contribution >= 4 is 44.7 Å². The Bertz CT molecular complexity index is 1210. The highest BCUT2D eigenvalue weighted by atomic mass is 32.2. The quantitative estimate of drug-likeness (QED) is 0.402. The maximum absolute atomic E-state index is 13.0. The lowest BCUT2D eigenvalue weighted by Crippen LogP contribution is -2.30. The van der Waals surface area contributed by atoms with E-state index in [2.05, 4.69) is 26.4 Å². The van der Waals surface area contributed by atoms with Crippen molar-refractivity contribution in [3.8, 4) is 0 Å². The molecule has 0 saturated heterocycles. The Kier molecular flexibility index (Phi) is 8.14. The maximum Gasteiger partial charge on any atom is 0.243 e. The zero-order chi connectivity index (χ0) is 24.2. The molecule has 3 rings (SSSR count). The fourth-order valence-corrected chi connectivity index (χ4v) is 5.80. The van der Waals surface area contributed by atoms with Crippen LogP contribution in [0.25, 0.3) is 11.0 Å². The predicted molar refractivity (Wildman–Crippen MR) is 133 cm³/mol. The molecule has 1 aromatic carbocycles. The number of rotatable bonds is 11. The van der Waals surface area contributed by atoms with Crippen molar-refractivity contribution in [1.29, 1.82) is 0 Å². The summed E-state index contributed by atoms with van der Waals surface area (Å²) in [6, 6.07) is 5.19. The molecule has 180 valence electrons. The molecule has 2 N–H and O–H groups in total. The third-order valence-corrected chi connectivity index (χ3v) is 8.20. The van der Waals surface area contributed by atoms with Gasteiger partial charge in [-0.15, -0.1) is 0 Å². The SMILES string of the molecule is CCCCn1c(SCc2nc(N)nc(N(C)C)n2)nc2cc(S(=O)(=O)N(CC)CC)ccc21. The van der Waals surface area contributed by atoms with Gasteiger partial charge in [0.25, 0.3) is 0 Å². The molecule has 2 heterocycles. The number of nitrogen functional groups attached to an aromatic ring is 1. The van der Waals surface area contributed by atoms with E-state index in [9.17, 15) is 8.42 Å². The number of aromatic nitrogens is 5. The standard InChI is InChI=1S/C21H32N8O2S2/c1-6-9-12-29-17-11-10-15(33(30,31)28(7-2)8-3)13-16(17)23-21(29)32-14-18-24-19(22)26-20(25-18)27(4)5/h10-11,13H,6-9,12,14H2,1-5H3,(H2,22,24,25,26). The number of hydrogen-bond donors (Lipinski definition) is 1. The van der Waals surface area contributed by atoms with E-state index in [1.54, 1.807) is 17.0 Å². The molecule has 0 radical (unpaired) electrons. The molecule has 12 heteroatoms. The van der Waals surface area contributed by atoms with E-state index in [1.807, 2.05) is 34.0 Å². The molecule has 33 heavy (non-hydrogen) atoms. The lowest BCUT2D eigenvalue weighted by molar-refractivity contribution is 0.445. The molecule has 0 aliphatic carbocycles. The molecule has 0 unspecified atom stereocenters. The average molecular weight is 493 g/mol. The van der Waals surface area contributed by atoms with Crippen LogP contribution in [0.15, 0.2) is 28.3 Å². The van der Waals surface area contributed by atoms with Crippen molar-refractivity contribution in [2.45, 2.75) is 56.0 Å². The van der Waals surface area contributed by atoms with Crippen LogP contribution in [0.1, 0.15) is 39.4 Å². The van der Waals surface area contributed by atoms with E-state index in [1.165, 1.54) is 16.1 Å². The molecule has 10 nitrogen and oxygen atoms in total. The van der Waals surface area contributed by atoms with Crippen molar-refractivity contribution in [2.24, 2.45) is 0 Å². The first-order chi connectivity index (χ1) is 15.7. The van der Waals surface area contributed by atoms with E-state index < -0.39 is 10.0 Å². The molecule has 0 amide bonds. The number of aryl methyl sites for hydroxylation is 1. The van der Waals surface area contributed by atoms with Crippen LogP contribution in [0.3, 0.4) is 0 Å². The fourth-order valence-electron chi connectivity index (χ4n) is 3.42. The molecule has 2 aromatic heterocycles. The van der Waals surface area contributed by atoms with Gasteiger partial charge in [0.2, 0.25) is 21.9 Å². The Morgan fingerprint density at radius 3 is 2.42 bits per heavy atom. The molecule has 0 saturated carbocycles. The number of anilines is 2. The van der Waals surface area contributed by atoms with E-state index in [4.69, 9.17) is 10.7 Å². The summed E-state index contributed by atoms with van der Waals surface area (Å²) in [6.07, 6.45) is 2.02. The molecule has 0 aliphatic heterocycles. The molecule has 0 aliphatic rings. The zero-order valence-electron chi connectivity index (χ0n) is 19.8. The fraction of sp³-hybridized carbons (Fsp3) is 0.524. The number of thioether (sulfide) groups is 1. The van der Waals surface area contributed by atoms with Crippen LogP contribution in [-0.4, -0.2) is 64.4 Å². The van der Waals surface area contributed by atoms with Crippen LogP contribution < -0.4 is 10.6 Å². The number of nitrogens with two attached hydrogens (primary N) is 1. The molecule has 0 fully saturated rings. The second-order valence-electron chi connectivity index (χ2n) is 7.73. The van der Waals surface area contributed by atoms with E-state index in [-0.39, 0.29) is 10.8 Å². The van der Waals surface area contributed by atoms with Gasteiger partial charge >= 0.3 is 0 Å². The highest BCUT2D eigenvalue weighted by Crippen LogP contribution is 2.29. The Balaban J connectivity index is 1.97. The first-order valence-electron chi connectivity index (χ1n) is 11.0. The molecule has 3 aromatic rings. The first kappa shape index (κ1) is 25.2. The minimum Gasteiger partial charge on any atom is -0.368 e. The van der Waals surface area contributed by atoms with Crippen molar-refractivity contribution < 1.29 is 8.42 Å². The normalized spacial score (nSPS) is 12.1. The Morgan fingerprint density at radius 2 is 1.79 bits per heavy atom. The summed E-state index contributed by atoms with van der Waals surface area (Å²) in [5.74, 6) is 1.71. The van der Waals surface area contributed by atoms with Gasteiger partial charge in [-0.05, 0) is 24.6 Å². The molecule has 0 atom stereocenters. The topological polar surface area (TPSA) is 123 Å². The Labute approximate surface area is 199 Å². The van der Waals surface area contributed by atoms with Crippen LogP contribution in [-0.2, 0) is 22.3 Å². The number of nitrogens with zero attached hydrogens (tertiary/aromatic N) is 7. The van der Waals surface area contributed by atoms with Gasteiger partial charge in [0.15, 0.2) is 5.16 Å². The van der Waals surface area contributed by atoms with Gasteiger partial charge < -0.3 is 15.2 Å². The first-order valence-corrected chi connectivity index (χ1v) is 13.4. The summed E-state index contributed by atoms with van der Waals surface area (Å²) in [5.41, 5.74) is 7.42. The second kappa shape index (κ2) is 10.7. The monoisotopic (exact) mass is 492 g/mol. The zero-order valence-corrected chi connectivity index (χ0v) is 21.4. The highest BCUT2D eigenvalue weighted by Gasteiger charge is 2.23. The lowest BCUT2D eigenvalue weighted by Gasteiger charge is -2.18. The number of fused-ring (bicyclic) bond motifs is 1. The maximum atomic E-state index is 13.0. The third kappa shape index (κ3) is 5.56. The average Bonchev–Trinajstić information content (AvgIpc) is 3.13. The molecular weight excluding hydrogens is 460 g/mol. The van der Waals surface area contributed by atoms with Crippen LogP contribution in [0, 0.1) is 0 Å².